The van der Waals surface area contributed by atoms with Gasteiger partial charge in [0, 0.05) is 23.8 Å². The van der Waals surface area contributed by atoms with Gasteiger partial charge in [-0.3, -0.25) is 0 Å². The van der Waals surface area contributed by atoms with Crippen LogP contribution in [0.4, 0.5) is 0 Å². The number of nitrogens with zero attached hydrogens (tertiary/aromatic N) is 2. The summed E-state index contributed by atoms with van der Waals surface area (Å²) < 4.78 is 1.32. The minimum Gasteiger partial charge on any atom is -0.550 e. The molecule has 0 N–H and O–H groups in total. The van der Waals surface area contributed by atoms with Crippen molar-refractivity contribution in [3.8, 4) is 0 Å². The van der Waals surface area contributed by atoms with Crippen molar-refractivity contribution in [3.05, 3.63) is 0 Å². The van der Waals surface area contributed by atoms with Gasteiger partial charge in [-0.25, -0.2) is 0 Å². The summed E-state index contributed by atoms with van der Waals surface area (Å²) in [7, 11) is 11.7. The summed E-state index contributed by atoms with van der Waals surface area (Å²) in [6.07, 6.45) is 0. The van der Waals surface area contributed by atoms with E-state index in [0.29, 0.717) is 22.1 Å². The summed E-state index contributed by atoms with van der Waals surface area (Å²) in [5.74, 6) is -0.980. The first-order valence-corrected chi connectivity index (χ1v) is 10.7. The third-order valence-corrected chi connectivity index (χ3v) is 6.35. The standard InChI is InChI=1S/C16H32N2O4S2/c1-13(15(19)20)11-17(3,4)7-9-23-24-10-8-18(5,6)12-14(2)16(21)22/h13-14H,7-12H2,1-6H3. The van der Waals surface area contributed by atoms with Crippen LogP contribution in [0.25, 0.3) is 0 Å². The number of carboxylic acid groups (broad SMARTS) is 2. The fourth-order valence-electron chi connectivity index (χ4n) is 2.50. The maximum absolute atomic E-state index is 10.8. The molecule has 0 aliphatic rings. The molecule has 0 amide bonds. The van der Waals surface area contributed by atoms with E-state index in [2.05, 4.69) is 0 Å². The number of aliphatic carboxylic acids is 2. The van der Waals surface area contributed by atoms with Gasteiger partial charge in [-0.15, -0.1) is 0 Å². The lowest BCUT2D eigenvalue weighted by molar-refractivity contribution is -0.890. The highest BCUT2D eigenvalue weighted by Gasteiger charge is 2.21. The number of carbonyl (C=O) groups excluding carboxylic acids is 2. The number of carbonyl (C=O) groups is 2. The Morgan fingerprint density at radius 2 is 1.08 bits per heavy atom. The lowest BCUT2D eigenvalue weighted by Crippen LogP contribution is -2.48. The lowest BCUT2D eigenvalue weighted by Gasteiger charge is -2.33. The fourth-order valence-corrected chi connectivity index (χ4v) is 5.03. The van der Waals surface area contributed by atoms with Crippen LogP contribution >= 0.6 is 21.6 Å². The van der Waals surface area contributed by atoms with E-state index < -0.39 is 23.8 Å². The predicted molar refractivity (Wildman–Crippen MR) is 96.9 cm³/mol. The van der Waals surface area contributed by atoms with Crippen molar-refractivity contribution in [2.75, 3.05) is 65.9 Å². The molecular weight excluding hydrogens is 348 g/mol. The van der Waals surface area contributed by atoms with Crippen LogP contribution < -0.4 is 10.2 Å². The van der Waals surface area contributed by atoms with Crippen molar-refractivity contribution < 1.29 is 28.8 Å². The first-order valence-electron chi connectivity index (χ1n) is 8.16. The summed E-state index contributed by atoms with van der Waals surface area (Å²) in [4.78, 5) is 21.7. The third kappa shape index (κ3) is 11.2. The number of hydrogen-bond acceptors (Lipinski definition) is 6. The molecule has 0 aromatic heterocycles. The maximum Gasteiger partial charge on any atom is 0.0883 e. The predicted octanol–water partition coefficient (Wildman–Crippen LogP) is -0.707. The van der Waals surface area contributed by atoms with E-state index in [1.807, 2.05) is 28.2 Å². The van der Waals surface area contributed by atoms with E-state index in [4.69, 9.17) is 0 Å². The van der Waals surface area contributed by atoms with Crippen LogP contribution in [0.1, 0.15) is 13.8 Å². The van der Waals surface area contributed by atoms with Crippen LogP contribution in [-0.2, 0) is 9.59 Å². The average molecular weight is 381 g/mol. The molecule has 142 valence electrons. The van der Waals surface area contributed by atoms with Crippen molar-refractivity contribution in [2.24, 2.45) is 11.8 Å². The molecule has 0 rings (SSSR count). The lowest BCUT2D eigenvalue weighted by atomic mass is 10.1. The molecule has 0 aromatic carbocycles. The maximum atomic E-state index is 10.8. The minimum absolute atomic E-state index is 0.443. The van der Waals surface area contributed by atoms with Crippen molar-refractivity contribution in [1.82, 2.24) is 0 Å². The quantitative estimate of drug-likeness (QED) is 0.239. The van der Waals surface area contributed by atoms with Gasteiger partial charge in [0.1, 0.15) is 0 Å². The summed E-state index contributed by atoms with van der Waals surface area (Å²) in [5, 5.41) is 21.7. The first-order chi connectivity index (χ1) is 10.9. The van der Waals surface area contributed by atoms with E-state index in [-0.39, 0.29) is 0 Å². The molecule has 0 aliphatic heterocycles. The van der Waals surface area contributed by atoms with Gasteiger partial charge in [-0.2, -0.15) is 0 Å². The summed E-state index contributed by atoms with van der Waals surface area (Å²) in [6, 6.07) is 0. The Morgan fingerprint density at radius 3 is 1.33 bits per heavy atom. The van der Waals surface area contributed by atoms with Gasteiger partial charge < -0.3 is 28.8 Å². The monoisotopic (exact) mass is 380 g/mol. The van der Waals surface area contributed by atoms with E-state index in [1.165, 1.54) is 0 Å². The molecule has 6 nitrogen and oxygen atoms in total. The Balaban J connectivity index is 3.94. The van der Waals surface area contributed by atoms with Crippen LogP contribution in [0.2, 0.25) is 0 Å². The van der Waals surface area contributed by atoms with Gasteiger partial charge in [0.25, 0.3) is 0 Å². The normalized spacial score (nSPS) is 15.1. The molecule has 0 radical (unpaired) electrons. The van der Waals surface area contributed by atoms with Gasteiger partial charge in [-0.05, 0) is 0 Å². The highest BCUT2D eigenvalue weighted by Crippen LogP contribution is 2.23. The molecule has 0 heterocycles. The van der Waals surface area contributed by atoms with Gasteiger partial charge in [0.2, 0.25) is 0 Å². The van der Waals surface area contributed by atoms with Crippen molar-refractivity contribution in [3.63, 3.8) is 0 Å². The zero-order valence-corrected chi connectivity index (χ0v) is 17.4. The topological polar surface area (TPSA) is 80.3 Å². The fraction of sp³-hybridized carbons (Fsp3) is 0.875. The summed E-state index contributed by atoms with van der Waals surface area (Å²) in [5.41, 5.74) is 0. The molecule has 2 unspecified atom stereocenters. The van der Waals surface area contributed by atoms with Gasteiger partial charge >= 0.3 is 0 Å². The molecule has 0 saturated heterocycles. The van der Waals surface area contributed by atoms with E-state index in [1.54, 1.807) is 35.4 Å². The van der Waals surface area contributed by atoms with Gasteiger partial charge in [-0.1, -0.05) is 35.4 Å². The smallest absolute Gasteiger partial charge is 0.0883 e. The van der Waals surface area contributed by atoms with E-state index in [9.17, 15) is 19.8 Å². The molecular formula is C16H32N2O4S2. The van der Waals surface area contributed by atoms with Gasteiger partial charge in [0.15, 0.2) is 0 Å². The highest BCUT2D eigenvalue weighted by molar-refractivity contribution is 8.76. The second-order valence-electron chi connectivity index (χ2n) is 7.77. The highest BCUT2D eigenvalue weighted by atomic mass is 33.1. The molecule has 24 heavy (non-hydrogen) atoms. The number of rotatable bonds is 13. The Morgan fingerprint density at radius 1 is 0.792 bits per heavy atom. The van der Waals surface area contributed by atoms with Crippen molar-refractivity contribution in [2.45, 2.75) is 13.8 Å². The Labute approximate surface area is 154 Å². The van der Waals surface area contributed by atoms with Crippen LogP contribution in [0.3, 0.4) is 0 Å². The average Bonchev–Trinajstić information content (AvgIpc) is 2.41. The molecule has 2 atom stereocenters. The molecule has 0 saturated carbocycles. The number of hydrogen-bond donors (Lipinski definition) is 0. The number of quaternary nitrogens is 2. The van der Waals surface area contributed by atoms with E-state index >= 15 is 0 Å². The first kappa shape index (κ1) is 23.6. The molecule has 0 aromatic rings. The minimum atomic E-state index is -0.992. The molecule has 0 spiro atoms. The SMILES string of the molecule is CC(C[N+](C)(C)CCSSCC[N+](C)(C)CC(C)C(=O)[O-])C(=O)[O-]. The third-order valence-electron chi connectivity index (χ3n) is 3.98. The zero-order chi connectivity index (χ0) is 19.0. The molecule has 8 heteroatoms. The largest absolute Gasteiger partial charge is 0.550 e. The van der Waals surface area contributed by atoms with Crippen molar-refractivity contribution in [1.29, 1.82) is 0 Å². The summed E-state index contributed by atoms with van der Waals surface area (Å²) >= 11 is 0. The van der Waals surface area contributed by atoms with Crippen LogP contribution in [0.15, 0.2) is 0 Å². The van der Waals surface area contributed by atoms with Gasteiger partial charge in [0.05, 0.1) is 65.9 Å². The van der Waals surface area contributed by atoms with Crippen molar-refractivity contribution >= 4 is 33.5 Å². The van der Waals surface area contributed by atoms with Crippen LogP contribution in [-0.4, -0.2) is 86.8 Å². The second-order valence-corrected chi connectivity index (χ2v) is 10.5. The Hall–Kier alpha value is -0.440. The molecule has 0 bridgehead atoms. The van der Waals surface area contributed by atoms with Crippen LogP contribution in [0.5, 0.6) is 0 Å². The summed E-state index contributed by atoms with van der Waals surface area (Å²) in [6.45, 7) is 6.30. The molecule has 0 aliphatic carbocycles. The number of carboxylic acids is 2. The Kier molecular flexibility index (Phi) is 10.3. The van der Waals surface area contributed by atoms with E-state index in [0.717, 1.165) is 24.6 Å². The zero-order valence-electron chi connectivity index (χ0n) is 15.7. The van der Waals surface area contributed by atoms with Crippen LogP contribution in [0, 0.1) is 11.8 Å². The second kappa shape index (κ2) is 10.5. The Bertz CT molecular complexity index is 379. The molecule has 0 fully saturated rings.